The van der Waals surface area contributed by atoms with Crippen LogP contribution in [-0.2, 0) is 19.3 Å². The Balaban J connectivity index is 2.74. The van der Waals surface area contributed by atoms with Gasteiger partial charge in [0.1, 0.15) is 6.04 Å². The highest BCUT2D eigenvalue weighted by atomic mass is 17.1. The SMILES string of the molecule is Cc1ccc(C(C)C(=O)N[C@@H](CCC(N)=O)C(=O)OO)cc1. The molecule has 2 amide bonds. The van der Waals surface area contributed by atoms with Gasteiger partial charge in [-0.3, -0.25) is 14.5 Å². The van der Waals surface area contributed by atoms with Crippen molar-refractivity contribution in [1.82, 2.24) is 5.32 Å². The van der Waals surface area contributed by atoms with Gasteiger partial charge in [-0.2, -0.15) is 5.26 Å². The van der Waals surface area contributed by atoms with E-state index < -0.39 is 29.7 Å². The molecule has 0 bridgehead atoms. The van der Waals surface area contributed by atoms with E-state index in [1.807, 2.05) is 31.2 Å². The first-order chi connectivity index (χ1) is 10.3. The van der Waals surface area contributed by atoms with Crippen molar-refractivity contribution in [3.05, 3.63) is 35.4 Å². The highest BCUT2D eigenvalue weighted by molar-refractivity contribution is 5.88. The van der Waals surface area contributed by atoms with E-state index in [4.69, 9.17) is 11.0 Å². The number of nitrogens with two attached hydrogens (primary N) is 1. The van der Waals surface area contributed by atoms with Crippen molar-refractivity contribution in [2.24, 2.45) is 5.73 Å². The van der Waals surface area contributed by atoms with Crippen LogP contribution >= 0.6 is 0 Å². The van der Waals surface area contributed by atoms with Gasteiger partial charge in [0.15, 0.2) is 0 Å². The molecule has 0 aliphatic heterocycles. The third-order valence-corrected chi connectivity index (χ3v) is 3.34. The maximum atomic E-state index is 12.2. The lowest BCUT2D eigenvalue weighted by Crippen LogP contribution is -2.43. The van der Waals surface area contributed by atoms with Gasteiger partial charge in [0.25, 0.3) is 0 Å². The van der Waals surface area contributed by atoms with Crippen LogP contribution in [0.1, 0.15) is 36.8 Å². The van der Waals surface area contributed by atoms with Crippen molar-refractivity contribution in [2.45, 2.75) is 38.6 Å². The molecule has 1 unspecified atom stereocenters. The number of primary amides is 1. The number of carbonyl (C=O) groups excluding carboxylic acids is 3. The molecule has 120 valence electrons. The molecule has 7 nitrogen and oxygen atoms in total. The van der Waals surface area contributed by atoms with Crippen molar-refractivity contribution >= 4 is 17.8 Å². The van der Waals surface area contributed by atoms with Crippen LogP contribution in [0.15, 0.2) is 24.3 Å². The smallest absolute Gasteiger partial charge is 0.364 e. The van der Waals surface area contributed by atoms with Crippen LogP contribution in [-0.4, -0.2) is 29.1 Å². The Morgan fingerprint density at radius 2 is 1.86 bits per heavy atom. The topological polar surface area (TPSA) is 119 Å². The van der Waals surface area contributed by atoms with E-state index in [0.717, 1.165) is 11.1 Å². The van der Waals surface area contributed by atoms with Crippen LogP contribution in [0.25, 0.3) is 0 Å². The Kier molecular flexibility index (Phi) is 6.52. The average Bonchev–Trinajstić information content (AvgIpc) is 2.50. The molecule has 0 aromatic heterocycles. The zero-order chi connectivity index (χ0) is 16.7. The van der Waals surface area contributed by atoms with Crippen molar-refractivity contribution < 1.29 is 24.5 Å². The molecule has 0 spiro atoms. The number of aryl methyl sites for hydroxylation is 1. The largest absolute Gasteiger partial charge is 0.370 e. The van der Waals surface area contributed by atoms with E-state index in [0.29, 0.717) is 0 Å². The minimum absolute atomic E-state index is 0.0406. The first kappa shape index (κ1) is 17.6. The van der Waals surface area contributed by atoms with E-state index in [1.54, 1.807) is 6.92 Å². The van der Waals surface area contributed by atoms with Crippen molar-refractivity contribution in [2.75, 3.05) is 0 Å². The van der Waals surface area contributed by atoms with E-state index in [-0.39, 0.29) is 12.8 Å². The van der Waals surface area contributed by atoms with Crippen LogP contribution in [0.2, 0.25) is 0 Å². The molecule has 7 heteroatoms. The molecular formula is C15H20N2O5. The molecule has 1 aromatic carbocycles. The number of hydrogen-bond acceptors (Lipinski definition) is 5. The lowest BCUT2D eigenvalue weighted by Gasteiger charge is -2.18. The molecule has 1 aromatic rings. The van der Waals surface area contributed by atoms with Gasteiger partial charge in [-0.1, -0.05) is 29.8 Å². The number of carbonyl (C=O) groups is 3. The predicted octanol–water partition coefficient (Wildman–Crippen LogP) is 0.865. The minimum Gasteiger partial charge on any atom is -0.370 e. The third kappa shape index (κ3) is 5.17. The van der Waals surface area contributed by atoms with E-state index >= 15 is 0 Å². The maximum Gasteiger partial charge on any atom is 0.364 e. The van der Waals surface area contributed by atoms with Gasteiger partial charge in [0, 0.05) is 6.42 Å². The summed E-state index contributed by atoms with van der Waals surface area (Å²) in [6.07, 6.45) is -0.153. The Labute approximate surface area is 128 Å². The minimum atomic E-state index is -1.13. The van der Waals surface area contributed by atoms with E-state index in [1.165, 1.54) is 0 Å². The molecule has 0 saturated carbocycles. The fourth-order valence-corrected chi connectivity index (χ4v) is 1.90. The summed E-state index contributed by atoms with van der Waals surface area (Å²) in [6, 6.07) is 6.28. The molecule has 4 N–H and O–H groups in total. The first-order valence-corrected chi connectivity index (χ1v) is 6.85. The maximum absolute atomic E-state index is 12.2. The van der Waals surface area contributed by atoms with Gasteiger partial charge in [0.05, 0.1) is 5.92 Å². The summed E-state index contributed by atoms with van der Waals surface area (Å²) in [6.45, 7) is 3.63. The van der Waals surface area contributed by atoms with Gasteiger partial charge in [0.2, 0.25) is 11.8 Å². The van der Waals surface area contributed by atoms with Crippen LogP contribution in [0.3, 0.4) is 0 Å². The van der Waals surface area contributed by atoms with Crippen LogP contribution in [0.5, 0.6) is 0 Å². The highest BCUT2D eigenvalue weighted by Gasteiger charge is 2.26. The number of amides is 2. The highest BCUT2D eigenvalue weighted by Crippen LogP contribution is 2.16. The summed E-state index contributed by atoms with van der Waals surface area (Å²) < 4.78 is 0. The zero-order valence-corrected chi connectivity index (χ0v) is 12.5. The molecule has 0 heterocycles. The van der Waals surface area contributed by atoms with Gasteiger partial charge >= 0.3 is 5.97 Å². The Morgan fingerprint density at radius 3 is 2.36 bits per heavy atom. The summed E-state index contributed by atoms with van der Waals surface area (Å²) in [5.41, 5.74) is 6.87. The van der Waals surface area contributed by atoms with Gasteiger partial charge in [-0.25, -0.2) is 4.79 Å². The second-order valence-corrected chi connectivity index (χ2v) is 5.11. The second kappa shape index (κ2) is 8.14. The average molecular weight is 308 g/mol. The normalized spacial score (nSPS) is 13.0. The molecule has 1 rings (SSSR count). The van der Waals surface area contributed by atoms with E-state index in [2.05, 4.69) is 10.2 Å². The van der Waals surface area contributed by atoms with Gasteiger partial charge < -0.3 is 11.1 Å². The molecule has 0 saturated heterocycles. The van der Waals surface area contributed by atoms with Crippen molar-refractivity contribution in [3.63, 3.8) is 0 Å². The molecule has 22 heavy (non-hydrogen) atoms. The van der Waals surface area contributed by atoms with Crippen molar-refractivity contribution in [1.29, 1.82) is 0 Å². The fraction of sp³-hybridized carbons (Fsp3) is 0.400. The summed E-state index contributed by atoms with van der Waals surface area (Å²) in [4.78, 5) is 38.0. The van der Waals surface area contributed by atoms with Crippen LogP contribution in [0.4, 0.5) is 0 Å². The number of benzene rings is 1. The Bertz CT molecular complexity index is 541. The summed E-state index contributed by atoms with van der Waals surface area (Å²) in [7, 11) is 0. The third-order valence-electron chi connectivity index (χ3n) is 3.34. The molecule has 0 aliphatic rings. The summed E-state index contributed by atoms with van der Waals surface area (Å²) in [5.74, 6) is -2.56. The second-order valence-electron chi connectivity index (χ2n) is 5.11. The zero-order valence-electron chi connectivity index (χ0n) is 12.5. The first-order valence-electron chi connectivity index (χ1n) is 6.85. The summed E-state index contributed by atoms with van der Waals surface area (Å²) in [5, 5.41) is 10.9. The molecule has 0 fully saturated rings. The van der Waals surface area contributed by atoms with E-state index in [9.17, 15) is 14.4 Å². The van der Waals surface area contributed by atoms with Crippen LogP contribution < -0.4 is 11.1 Å². The van der Waals surface area contributed by atoms with Crippen LogP contribution in [0, 0.1) is 6.92 Å². The van der Waals surface area contributed by atoms with Crippen molar-refractivity contribution in [3.8, 4) is 0 Å². The lowest BCUT2D eigenvalue weighted by atomic mass is 9.98. The quantitative estimate of drug-likeness (QED) is 0.510. The molecule has 0 aliphatic carbocycles. The predicted molar refractivity (Wildman–Crippen MR) is 78.7 cm³/mol. The number of hydrogen-bond donors (Lipinski definition) is 3. The number of rotatable bonds is 7. The standard InChI is InChI=1S/C15H20N2O5/c1-9-3-5-11(6-4-9)10(2)14(19)17-12(15(20)22-21)7-8-13(16)18/h3-6,10,12,21H,7-8H2,1-2H3,(H2,16,18)(H,17,19)/t10?,12-/m0/s1. The summed E-state index contributed by atoms with van der Waals surface area (Å²) >= 11 is 0. The van der Waals surface area contributed by atoms with Gasteiger partial charge in [-0.05, 0) is 25.8 Å². The number of nitrogens with one attached hydrogen (secondary N) is 1. The van der Waals surface area contributed by atoms with Gasteiger partial charge in [-0.15, -0.1) is 0 Å². The lowest BCUT2D eigenvalue weighted by molar-refractivity contribution is -0.236. The molecule has 0 radical (unpaired) electrons. The molecule has 2 atom stereocenters. The Hall–Kier alpha value is -2.41. The molecular weight excluding hydrogens is 288 g/mol. The fourth-order valence-electron chi connectivity index (χ4n) is 1.90. The monoisotopic (exact) mass is 308 g/mol. The Morgan fingerprint density at radius 1 is 1.27 bits per heavy atom.